The Balaban J connectivity index is 1.53. The van der Waals surface area contributed by atoms with Crippen molar-refractivity contribution in [3.8, 4) is 28.4 Å². The minimum Gasteiger partial charge on any atom is -0.493 e. The number of nitrogens with one attached hydrogen (secondary N) is 2. The summed E-state index contributed by atoms with van der Waals surface area (Å²) in [4.78, 5) is 42.3. The minimum absolute atomic E-state index is 0.0123. The van der Waals surface area contributed by atoms with Crippen LogP contribution in [0.2, 0.25) is 0 Å². The molecule has 250 valence electrons. The maximum atomic E-state index is 14.1. The molecule has 0 unspecified atom stereocenters. The number of rotatable bonds is 10. The highest BCUT2D eigenvalue weighted by atomic mass is 16.5. The molecule has 2 aliphatic rings. The van der Waals surface area contributed by atoms with Crippen LogP contribution >= 0.6 is 0 Å². The number of piperidine rings is 1. The van der Waals surface area contributed by atoms with Crippen molar-refractivity contribution in [1.29, 1.82) is 0 Å². The summed E-state index contributed by atoms with van der Waals surface area (Å²) in [6.45, 7) is 6.93. The highest BCUT2D eigenvalue weighted by Crippen LogP contribution is 2.50. The zero-order valence-corrected chi connectivity index (χ0v) is 28.4. The normalized spacial score (nSPS) is 17.3. The van der Waals surface area contributed by atoms with Gasteiger partial charge in [-0.25, -0.2) is 0 Å². The fourth-order valence-corrected chi connectivity index (χ4v) is 7.03. The Hall–Kier alpha value is -4.53. The van der Waals surface area contributed by atoms with Gasteiger partial charge in [-0.2, -0.15) is 0 Å². The molecule has 0 radical (unpaired) electrons. The second-order valence-corrected chi connectivity index (χ2v) is 12.6. The number of methoxy groups -OCH3 is 3. The van der Waals surface area contributed by atoms with Gasteiger partial charge in [0.05, 0.1) is 33.1 Å². The molecule has 1 aliphatic carbocycles. The largest absolute Gasteiger partial charge is 0.493 e. The van der Waals surface area contributed by atoms with Gasteiger partial charge in [-0.05, 0) is 78.0 Å². The highest BCUT2D eigenvalue weighted by Gasteiger charge is 2.33. The van der Waals surface area contributed by atoms with Crippen molar-refractivity contribution < 1.29 is 23.8 Å². The maximum absolute atomic E-state index is 14.1. The van der Waals surface area contributed by atoms with E-state index in [-0.39, 0.29) is 23.2 Å². The molecule has 9 heteroatoms. The van der Waals surface area contributed by atoms with Crippen molar-refractivity contribution in [3.63, 3.8) is 0 Å². The van der Waals surface area contributed by atoms with Crippen LogP contribution < -0.4 is 30.3 Å². The number of likely N-dealkylation sites (tertiary alicyclic amines) is 1. The summed E-state index contributed by atoms with van der Waals surface area (Å²) >= 11 is 0. The van der Waals surface area contributed by atoms with Crippen molar-refractivity contribution in [1.82, 2.24) is 10.2 Å². The monoisotopic (exact) mass is 641 g/mol. The molecule has 0 saturated carbocycles. The number of benzene rings is 2. The third-order valence-corrected chi connectivity index (χ3v) is 9.78. The van der Waals surface area contributed by atoms with Crippen molar-refractivity contribution in [2.24, 2.45) is 5.92 Å². The van der Waals surface area contributed by atoms with Crippen molar-refractivity contribution >= 4 is 17.5 Å². The molecule has 1 saturated heterocycles. The van der Waals surface area contributed by atoms with Gasteiger partial charge < -0.3 is 29.7 Å². The first-order valence-corrected chi connectivity index (χ1v) is 16.6. The molecule has 3 aromatic rings. The van der Waals surface area contributed by atoms with Gasteiger partial charge in [-0.1, -0.05) is 56.7 Å². The van der Waals surface area contributed by atoms with E-state index in [1.165, 1.54) is 12.5 Å². The molecule has 9 nitrogen and oxygen atoms in total. The number of anilines is 1. The first kappa shape index (κ1) is 33.8. The van der Waals surface area contributed by atoms with Crippen LogP contribution in [0.3, 0.4) is 0 Å². The third kappa shape index (κ3) is 7.09. The van der Waals surface area contributed by atoms with Crippen LogP contribution in [0.25, 0.3) is 11.1 Å². The summed E-state index contributed by atoms with van der Waals surface area (Å²) in [6.07, 6.45) is 3.76. The summed E-state index contributed by atoms with van der Waals surface area (Å²) in [5, 5.41) is 6.43. The van der Waals surface area contributed by atoms with Crippen LogP contribution in [0, 0.1) is 5.92 Å². The number of ether oxygens (including phenoxy) is 3. The summed E-state index contributed by atoms with van der Waals surface area (Å²) in [7, 11) is 4.72. The number of hydrogen-bond donors (Lipinski definition) is 2. The van der Waals surface area contributed by atoms with Gasteiger partial charge in [0.25, 0.3) is 0 Å². The van der Waals surface area contributed by atoms with Crippen LogP contribution in [0.4, 0.5) is 5.69 Å². The Labute approximate surface area is 277 Å². The Morgan fingerprint density at radius 3 is 2.26 bits per heavy atom. The van der Waals surface area contributed by atoms with E-state index >= 15 is 0 Å². The molecule has 2 N–H and O–H groups in total. The number of fused-ring (bicyclic) bond motifs is 3. The smallest absolute Gasteiger partial charge is 0.245 e. The van der Waals surface area contributed by atoms with Gasteiger partial charge >= 0.3 is 0 Å². The van der Waals surface area contributed by atoms with Crippen molar-refractivity contribution in [3.05, 3.63) is 81.5 Å². The topological polar surface area (TPSA) is 106 Å². The van der Waals surface area contributed by atoms with Crippen LogP contribution in [0.1, 0.15) is 75.1 Å². The molecule has 5 rings (SSSR count). The van der Waals surface area contributed by atoms with Gasteiger partial charge in [0.1, 0.15) is 6.04 Å². The zero-order valence-electron chi connectivity index (χ0n) is 28.4. The second-order valence-electron chi connectivity index (χ2n) is 12.6. The first-order valence-electron chi connectivity index (χ1n) is 16.6. The van der Waals surface area contributed by atoms with E-state index in [4.69, 9.17) is 14.2 Å². The lowest BCUT2D eigenvalue weighted by Crippen LogP contribution is -2.49. The SMILES string of the molecule is CC[C@H](C)[C@H](Nc1ccc2c(cc1=O)[C@@H](NC(C)=O)CCc1cc(OC)c(OC)c(OC)c1-2)C(=O)N1CCC(c2ccccc2)CC1. The Morgan fingerprint density at radius 1 is 0.936 bits per heavy atom. The van der Waals surface area contributed by atoms with E-state index in [9.17, 15) is 14.4 Å². The van der Waals surface area contributed by atoms with E-state index in [0.29, 0.717) is 60.3 Å². The summed E-state index contributed by atoms with van der Waals surface area (Å²) < 4.78 is 17.2. The van der Waals surface area contributed by atoms with Crippen LogP contribution in [-0.4, -0.2) is 57.2 Å². The number of carbonyl (C=O) groups excluding carboxylic acids is 2. The number of nitrogens with zero attached hydrogens (tertiary/aromatic N) is 1. The fraction of sp³-hybridized carbons (Fsp3) is 0.447. The first-order chi connectivity index (χ1) is 22.7. The van der Waals surface area contributed by atoms with E-state index < -0.39 is 12.1 Å². The lowest BCUT2D eigenvalue weighted by molar-refractivity contribution is -0.134. The molecule has 3 atom stereocenters. The Morgan fingerprint density at radius 2 is 1.64 bits per heavy atom. The van der Waals surface area contributed by atoms with E-state index in [1.807, 2.05) is 30.0 Å². The summed E-state index contributed by atoms with van der Waals surface area (Å²) in [5.41, 5.74) is 4.55. The van der Waals surface area contributed by atoms with E-state index in [2.05, 4.69) is 41.8 Å². The van der Waals surface area contributed by atoms with E-state index in [0.717, 1.165) is 36.0 Å². The predicted molar refractivity (Wildman–Crippen MR) is 185 cm³/mol. The zero-order chi connectivity index (χ0) is 33.7. The molecule has 0 spiro atoms. The Bertz CT molecular complexity index is 1650. The van der Waals surface area contributed by atoms with Gasteiger partial charge in [0.15, 0.2) is 11.5 Å². The van der Waals surface area contributed by atoms with Crippen LogP contribution in [0.5, 0.6) is 17.2 Å². The lowest BCUT2D eigenvalue weighted by Gasteiger charge is -2.36. The van der Waals surface area contributed by atoms with Gasteiger partial charge in [-0.15, -0.1) is 0 Å². The van der Waals surface area contributed by atoms with Crippen LogP contribution in [-0.2, 0) is 16.0 Å². The molecule has 1 fully saturated rings. The molecule has 47 heavy (non-hydrogen) atoms. The summed E-state index contributed by atoms with van der Waals surface area (Å²) in [5.74, 6) is 1.72. The quantitative estimate of drug-likeness (QED) is 0.276. The van der Waals surface area contributed by atoms with Crippen molar-refractivity contribution in [2.75, 3.05) is 39.7 Å². The maximum Gasteiger partial charge on any atom is 0.245 e. The second kappa shape index (κ2) is 14.9. The molecule has 0 aromatic heterocycles. The average molecular weight is 642 g/mol. The number of hydrogen-bond acceptors (Lipinski definition) is 7. The molecule has 0 bridgehead atoms. The molecule has 3 aromatic carbocycles. The lowest BCUT2D eigenvalue weighted by atomic mass is 9.88. The van der Waals surface area contributed by atoms with Crippen LogP contribution in [0.15, 0.2) is 59.4 Å². The average Bonchev–Trinajstić information content (AvgIpc) is 3.33. The van der Waals surface area contributed by atoms with Crippen molar-refractivity contribution in [2.45, 2.75) is 70.9 Å². The minimum atomic E-state index is -0.569. The molecule has 2 amide bonds. The number of carbonyl (C=O) groups is 2. The summed E-state index contributed by atoms with van der Waals surface area (Å²) in [6, 6.07) is 16.7. The number of aryl methyl sites for hydroxylation is 1. The molecular formula is C38H47N3O6. The Kier molecular flexibility index (Phi) is 10.7. The third-order valence-electron chi connectivity index (χ3n) is 9.78. The molecule has 1 heterocycles. The number of amides is 2. The predicted octanol–water partition coefficient (Wildman–Crippen LogP) is 6.10. The van der Waals surface area contributed by atoms with Gasteiger partial charge in [0.2, 0.25) is 23.0 Å². The van der Waals surface area contributed by atoms with Gasteiger partial charge in [-0.3, -0.25) is 14.4 Å². The molecule has 1 aliphatic heterocycles. The van der Waals surface area contributed by atoms with Gasteiger partial charge in [0, 0.05) is 25.6 Å². The fourth-order valence-electron chi connectivity index (χ4n) is 7.03. The molecular weight excluding hydrogens is 594 g/mol. The standard InChI is InChI=1S/C38H47N3O6/c1-7-23(2)35(38(44)41-19-17-26(18-20-41)25-11-9-8-10-12-25)40-31-16-14-28-29(22-32(31)43)30(39-24(3)42)15-13-27-21-33(45-4)36(46-5)37(47-6)34(27)28/h8-12,14,16,21-23,26,30,35H,7,13,15,17-20H2,1-6H3,(H,39,42)(H,40,43)/t23-,30-,35-/m0/s1. The highest BCUT2D eigenvalue weighted by molar-refractivity contribution is 5.86. The van der Waals surface area contributed by atoms with E-state index in [1.54, 1.807) is 33.5 Å².